The van der Waals surface area contributed by atoms with Crippen LogP contribution in [0.5, 0.6) is 0 Å². The maximum absolute atomic E-state index is 12.2. The number of nitrogens with one attached hydrogen (secondary N) is 1. The fraction of sp³-hybridized carbons (Fsp3) is 0.929. The quantitative estimate of drug-likeness (QED) is 0.741. The van der Waals surface area contributed by atoms with E-state index >= 15 is 0 Å². The van der Waals surface area contributed by atoms with Crippen molar-refractivity contribution < 1.29 is 4.79 Å². The lowest BCUT2D eigenvalue weighted by Gasteiger charge is -2.22. The van der Waals surface area contributed by atoms with Gasteiger partial charge in [0.25, 0.3) is 0 Å². The standard InChI is InChI=1S/C14H26N2O/c15-10-12-8-5-9-13(12)16-14(17)11-6-3-1-2-4-7-11/h11-13H,1-10,15H2,(H,16,17). The van der Waals surface area contributed by atoms with E-state index in [-0.39, 0.29) is 5.92 Å². The summed E-state index contributed by atoms with van der Waals surface area (Å²) in [7, 11) is 0. The molecule has 3 nitrogen and oxygen atoms in total. The molecule has 0 aromatic rings. The largest absolute Gasteiger partial charge is 0.353 e. The summed E-state index contributed by atoms with van der Waals surface area (Å²) in [5.74, 6) is 1.10. The zero-order chi connectivity index (χ0) is 12.1. The predicted octanol–water partition coefficient (Wildman–Crippen LogP) is 2.20. The molecule has 2 aliphatic rings. The first-order valence-electron chi connectivity index (χ1n) is 7.31. The molecular weight excluding hydrogens is 212 g/mol. The Morgan fingerprint density at radius 2 is 1.71 bits per heavy atom. The van der Waals surface area contributed by atoms with Gasteiger partial charge in [-0.3, -0.25) is 4.79 Å². The Morgan fingerprint density at radius 3 is 2.35 bits per heavy atom. The van der Waals surface area contributed by atoms with Crippen LogP contribution in [0.1, 0.15) is 57.8 Å². The van der Waals surface area contributed by atoms with Gasteiger partial charge in [0.15, 0.2) is 0 Å². The first-order valence-corrected chi connectivity index (χ1v) is 7.31. The molecule has 1 amide bonds. The van der Waals surface area contributed by atoms with Crippen molar-refractivity contribution in [3.63, 3.8) is 0 Å². The summed E-state index contributed by atoms with van der Waals surface area (Å²) in [6.07, 6.45) is 10.8. The Bertz CT molecular complexity index is 247. The molecule has 0 aromatic carbocycles. The number of carbonyl (C=O) groups excluding carboxylic acids is 1. The van der Waals surface area contributed by atoms with Gasteiger partial charge in [0.2, 0.25) is 5.91 Å². The highest BCUT2D eigenvalue weighted by atomic mass is 16.1. The Labute approximate surface area is 105 Å². The molecule has 2 aliphatic carbocycles. The Morgan fingerprint density at radius 1 is 1.00 bits per heavy atom. The average molecular weight is 238 g/mol. The first-order chi connectivity index (χ1) is 8.31. The zero-order valence-electron chi connectivity index (χ0n) is 10.8. The van der Waals surface area contributed by atoms with Gasteiger partial charge in [-0.2, -0.15) is 0 Å². The summed E-state index contributed by atoms with van der Waals surface area (Å²) >= 11 is 0. The predicted molar refractivity (Wildman–Crippen MR) is 69.5 cm³/mol. The van der Waals surface area contributed by atoms with Gasteiger partial charge >= 0.3 is 0 Å². The van der Waals surface area contributed by atoms with Gasteiger partial charge < -0.3 is 11.1 Å². The van der Waals surface area contributed by atoms with Crippen LogP contribution >= 0.6 is 0 Å². The monoisotopic (exact) mass is 238 g/mol. The van der Waals surface area contributed by atoms with Crippen molar-refractivity contribution in [3.8, 4) is 0 Å². The molecule has 2 rings (SSSR count). The summed E-state index contributed by atoms with van der Waals surface area (Å²) in [4.78, 5) is 12.2. The summed E-state index contributed by atoms with van der Waals surface area (Å²) in [6, 6.07) is 0.357. The lowest BCUT2D eigenvalue weighted by atomic mass is 9.97. The van der Waals surface area contributed by atoms with Crippen LogP contribution in [0.4, 0.5) is 0 Å². The van der Waals surface area contributed by atoms with Crippen molar-refractivity contribution in [2.45, 2.75) is 63.8 Å². The van der Waals surface area contributed by atoms with Gasteiger partial charge in [0.05, 0.1) is 0 Å². The minimum absolute atomic E-state index is 0.275. The van der Waals surface area contributed by atoms with E-state index in [0.717, 1.165) is 25.8 Å². The van der Waals surface area contributed by atoms with Crippen molar-refractivity contribution in [2.75, 3.05) is 6.54 Å². The molecule has 3 N–H and O–H groups in total. The number of hydrogen-bond acceptors (Lipinski definition) is 2. The van der Waals surface area contributed by atoms with Crippen LogP contribution in [0.3, 0.4) is 0 Å². The Kier molecular flexibility index (Phi) is 4.84. The van der Waals surface area contributed by atoms with Crippen molar-refractivity contribution in [3.05, 3.63) is 0 Å². The lowest BCUT2D eigenvalue weighted by molar-refractivity contribution is -0.126. The van der Waals surface area contributed by atoms with Crippen LogP contribution in [0.25, 0.3) is 0 Å². The second-order valence-corrected chi connectivity index (χ2v) is 5.73. The maximum Gasteiger partial charge on any atom is 0.223 e. The second kappa shape index (κ2) is 6.39. The number of hydrogen-bond donors (Lipinski definition) is 2. The third kappa shape index (κ3) is 3.44. The molecule has 0 radical (unpaired) electrons. The van der Waals surface area contributed by atoms with E-state index in [1.165, 1.54) is 38.5 Å². The van der Waals surface area contributed by atoms with Crippen molar-refractivity contribution in [2.24, 2.45) is 17.6 Å². The number of rotatable bonds is 3. The minimum atomic E-state index is 0.275. The molecule has 2 atom stereocenters. The van der Waals surface area contributed by atoms with Crippen molar-refractivity contribution >= 4 is 5.91 Å². The maximum atomic E-state index is 12.2. The van der Waals surface area contributed by atoms with Crippen molar-refractivity contribution in [1.29, 1.82) is 0 Å². The van der Waals surface area contributed by atoms with Crippen LogP contribution in [0, 0.1) is 11.8 Å². The molecule has 0 aromatic heterocycles. The molecule has 0 spiro atoms. The second-order valence-electron chi connectivity index (χ2n) is 5.73. The highest BCUT2D eigenvalue weighted by Crippen LogP contribution is 2.27. The van der Waals surface area contributed by atoms with E-state index in [2.05, 4.69) is 5.32 Å². The summed E-state index contributed by atoms with van der Waals surface area (Å²) < 4.78 is 0. The van der Waals surface area contributed by atoms with Crippen molar-refractivity contribution in [1.82, 2.24) is 5.32 Å². The van der Waals surface area contributed by atoms with E-state index < -0.39 is 0 Å². The van der Waals surface area contributed by atoms with Crippen LogP contribution in [0.2, 0.25) is 0 Å². The number of nitrogens with two attached hydrogens (primary N) is 1. The van der Waals surface area contributed by atoms with Crippen LogP contribution in [-0.4, -0.2) is 18.5 Å². The Hall–Kier alpha value is -0.570. The fourth-order valence-corrected chi connectivity index (χ4v) is 3.35. The number of carbonyl (C=O) groups is 1. The molecule has 17 heavy (non-hydrogen) atoms. The molecule has 0 bridgehead atoms. The van der Waals surface area contributed by atoms with Gasteiger partial charge in [-0.05, 0) is 38.1 Å². The summed E-state index contributed by atoms with van der Waals surface area (Å²) in [5, 5.41) is 3.26. The highest BCUT2D eigenvalue weighted by molar-refractivity contribution is 5.79. The SMILES string of the molecule is NCC1CCCC1NC(=O)C1CCCCCC1. The molecule has 2 fully saturated rings. The van der Waals surface area contributed by atoms with Crippen LogP contribution in [-0.2, 0) is 4.79 Å². The minimum Gasteiger partial charge on any atom is -0.353 e. The smallest absolute Gasteiger partial charge is 0.223 e. The van der Waals surface area contributed by atoms with Gasteiger partial charge in [-0.25, -0.2) is 0 Å². The third-order valence-corrected chi connectivity index (χ3v) is 4.52. The van der Waals surface area contributed by atoms with E-state index in [1.807, 2.05) is 0 Å². The molecule has 2 saturated carbocycles. The topological polar surface area (TPSA) is 55.1 Å². The number of amides is 1. The molecule has 0 heterocycles. The van der Waals surface area contributed by atoms with Gasteiger partial charge in [-0.1, -0.05) is 32.1 Å². The zero-order valence-corrected chi connectivity index (χ0v) is 10.8. The van der Waals surface area contributed by atoms with E-state index in [1.54, 1.807) is 0 Å². The van der Waals surface area contributed by atoms with E-state index in [4.69, 9.17) is 5.73 Å². The van der Waals surface area contributed by atoms with E-state index in [0.29, 0.717) is 17.9 Å². The molecule has 0 saturated heterocycles. The fourth-order valence-electron chi connectivity index (χ4n) is 3.35. The first kappa shape index (κ1) is 12.9. The molecule has 3 heteroatoms. The molecule has 0 aliphatic heterocycles. The molecular formula is C14H26N2O. The van der Waals surface area contributed by atoms with Gasteiger partial charge in [-0.15, -0.1) is 0 Å². The lowest BCUT2D eigenvalue weighted by Crippen LogP contribution is -2.42. The van der Waals surface area contributed by atoms with Gasteiger partial charge in [0.1, 0.15) is 0 Å². The Balaban J connectivity index is 1.82. The molecule has 98 valence electrons. The van der Waals surface area contributed by atoms with E-state index in [9.17, 15) is 4.79 Å². The molecule has 2 unspecified atom stereocenters. The van der Waals surface area contributed by atoms with Crippen LogP contribution in [0.15, 0.2) is 0 Å². The average Bonchev–Trinajstić information content (AvgIpc) is 2.62. The third-order valence-electron chi connectivity index (χ3n) is 4.52. The normalized spacial score (nSPS) is 31.1. The van der Waals surface area contributed by atoms with Crippen LogP contribution < -0.4 is 11.1 Å². The highest BCUT2D eigenvalue weighted by Gasteiger charge is 2.29. The summed E-state index contributed by atoms with van der Waals surface area (Å²) in [6.45, 7) is 0.718. The van der Waals surface area contributed by atoms with Gasteiger partial charge in [0, 0.05) is 12.0 Å². The summed E-state index contributed by atoms with van der Waals surface area (Å²) in [5.41, 5.74) is 5.75.